The largest absolute Gasteiger partial charge is 0.394 e. The van der Waals surface area contributed by atoms with Gasteiger partial charge in [0.15, 0.2) is 0 Å². The summed E-state index contributed by atoms with van der Waals surface area (Å²) < 4.78 is 0. The van der Waals surface area contributed by atoms with Gasteiger partial charge in [-0.2, -0.15) is 0 Å². The summed E-state index contributed by atoms with van der Waals surface area (Å²) in [6, 6.07) is 0. The molecule has 0 aromatic heterocycles. The van der Waals surface area contributed by atoms with E-state index in [9.17, 15) is 0 Å². The molecule has 68 valence electrons. The lowest BCUT2D eigenvalue weighted by Crippen LogP contribution is -2.01. The molecule has 0 heterocycles. The molecule has 0 aromatic carbocycles. The van der Waals surface area contributed by atoms with Gasteiger partial charge in [0.25, 0.3) is 0 Å². The second-order valence-corrected chi connectivity index (χ2v) is 2.43. The second-order valence-electron chi connectivity index (χ2n) is 2.43. The van der Waals surface area contributed by atoms with Crippen LogP contribution in [0.3, 0.4) is 0 Å². The summed E-state index contributed by atoms with van der Waals surface area (Å²) in [7, 11) is 0. The van der Waals surface area contributed by atoms with Gasteiger partial charge in [0, 0.05) is 0 Å². The maximum atomic E-state index is 8.30. The van der Waals surface area contributed by atoms with Crippen LogP contribution in [0.1, 0.15) is 32.6 Å². The van der Waals surface area contributed by atoms with Crippen molar-refractivity contribution in [2.24, 2.45) is 0 Å². The van der Waals surface area contributed by atoms with E-state index in [1.54, 1.807) is 0 Å². The van der Waals surface area contributed by atoms with Gasteiger partial charge < -0.3 is 5.11 Å². The molecule has 0 saturated carbocycles. The van der Waals surface area contributed by atoms with E-state index in [-0.39, 0.29) is 13.2 Å². The summed E-state index contributed by atoms with van der Waals surface area (Å²) in [4.78, 5) is 9.37. The van der Waals surface area contributed by atoms with Crippen molar-refractivity contribution in [2.45, 2.75) is 32.6 Å². The fourth-order valence-corrected chi connectivity index (χ4v) is 0.743. The first-order valence-electron chi connectivity index (χ1n) is 4.27. The van der Waals surface area contributed by atoms with Gasteiger partial charge in [-0.15, -0.1) is 0 Å². The third-order valence-electron chi connectivity index (χ3n) is 1.34. The lowest BCUT2D eigenvalue weighted by atomic mass is 10.2. The van der Waals surface area contributed by atoms with E-state index in [1.807, 2.05) is 0 Å². The monoisotopic (exact) mass is 162 g/mol. The predicted molar refractivity (Wildman–Crippen MR) is 43.1 cm³/mol. The number of hydrogen-bond donors (Lipinski definition) is 1. The Morgan fingerprint density at radius 1 is 1.00 bits per heavy atom. The van der Waals surface area contributed by atoms with Crippen LogP contribution < -0.4 is 0 Å². The normalized spacial score (nSPS) is 10.4. The Morgan fingerprint density at radius 3 is 2.36 bits per heavy atom. The van der Waals surface area contributed by atoms with Crippen LogP contribution in [-0.4, -0.2) is 24.9 Å². The maximum Gasteiger partial charge on any atom is 0.105 e. The molecule has 0 saturated heterocycles. The van der Waals surface area contributed by atoms with Gasteiger partial charge in [-0.1, -0.05) is 26.2 Å². The van der Waals surface area contributed by atoms with Crippen LogP contribution in [0, 0.1) is 0 Å². The van der Waals surface area contributed by atoms with E-state index >= 15 is 0 Å². The minimum Gasteiger partial charge on any atom is -0.394 e. The van der Waals surface area contributed by atoms with Crippen LogP contribution in [0.4, 0.5) is 0 Å². The van der Waals surface area contributed by atoms with Crippen molar-refractivity contribution < 1.29 is 14.9 Å². The zero-order valence-electron chi connectivity index (χ0n) is 7.21. The van der Waals surface area contributed by atoms with Gasteiger partial charge in [0.1, 0.15) is 6.61 Å². The molecule has 0 fully saturated rings. The van der Waals surface area contributed by atoms with Crippen molar-refractivity contribution in [1.29, 1.82) is 0 Å². The molecule has 0 aliphatic carbocycles. The number of aliphatic hydroxyl groups excluding tert-OH is 1. The molecule has 1 N–H and O–H groups in total. The highest BCUT2D eigenvalue weighted by molar-refractivity contribution is 4.36. The highest BCUT2D eigenvalue weighted by atomic mass is 17.2. The molecule has 0 radical (unpaired) electrons. The smallest absolute Gasteiger partial charge is 0.105 e. The summed E-state index contributed by atoms with van der Waals surface area (Å²) in [5.41, 5.74) is 0. The molecule has 0 aliphatic rings. The summed E-state index contributed by atoms with van der Waals surface area (Å²) in [6.07, 6.45) is 4.72. The average molecular weight is 162 g/mol. The molecule has 0 rings (SSSR count). The molecule has 0 aliphatic heterocycles. The minimum absolute atomic E-state index is 0.0228. The van der Waals surface area contributed by atoms with E-state index in [2.05, 4.69) is 11.8 Å². The van der Waals surface area contributed by atoms with E-state index in [1.165, 1.54) is 19.3 Å². The van der Waals surface area contributed by atoms with Crippen molar-refractivity contribution in [3.8, 4) is 0 Å². The van der Waals surface area contributed by atoms with E-state index in [4.69, 9.17) is 9.99 Å². The van der Waals surface area contributed by atoms with Crippen LogP contribution >= 0.6 is 0 Å². The predicted octanol–water partition coefficient (Wildman–Crippen LogP) is 1.51. The van der Waals surface area contributed by atoms with Crippen LogP contribution in [0.25, 0.3) is 0 Å². The minimum atomic E-state index is 0.0228. The first kappa shape index (κ1) is 10.9. The zero-order chi connectivity index (χ0) is 8.36. The van der Waals surface area contributed by atoms with Crippen LogP contribution in [0.2, 0.25) is 0 Å². The molecule has 0 unspecified atom stereocenters. The van der Waals surface area contributed by atoms with Crippen molar-refractivity contribution in [1.82, 2.24) is 0 Å². The maximum absolute atomic E-state index is 8.30. The van der Waals surface area contributed by atoms with Crippen molar-refractivity contribution in [3.63, 3.8) is 0 Å². The fourth-order valence-electron chi connectivity index (χ4n) is 0.743. The van der Waals surface area contributed by atoms with Gasteiger partial charge in [0.05, 0.1) is 13.2 Å². The Kier molecular flexibility index (Phi) is 9.77. The third kappa shape index (κ3) is 9.88. The fraction of sp³-hybridized carbons (Fsp3) is 1.00. The molecular formula is C8H18O3. The molecule has 0 aromatic rings. The lowest BCUT2D eigenvalue weighted by Gasteiger charge is -2.01. The topological polar surface area (TPSA) is 38.7 Å². The van der Waals surface area contributed by atoms with E-state index in [0.29, 0.717) is 6.61 Å². The molecule has 3 heteroatoms. The highest BCUT2D eigenvalue weighted by Gasteiger charge is 1.88. The first-order valence-corrected chi connectivity index (χ1v) is 4.27. The lowest BCUT2D eigenvalue weighted by molar-refractivity contribution is -0.298. The van der Waals surface area contributed by atoms with E-state index < -0.39 is 0 Å². The summed E-state index contributed by atoms with van der Waals surface area (Å²) >= 11 is 0. The van der Waals surface area contributed by atoms with Gasteiger partial charge in [-0.25, -0.2) is 9.78 Å². The number of unbranched alkanes of at least 4 members (excludes halogenated alkanes) is 3. The molecule has 0 spiro atoms. The molecule has 3 nitrogen and oxygen atoms in total. The number of rotatable bonds is 8. The van der Waals surface area contributed by atoms with Gasteiger partial charge in [-0.05, 0) is 6.42 Å². The third-order valence-corrected chi connectivity index (χ3v) is 1.34. The number of hydrogen-bond acceptors (Lipinski definition) is 3. The standard InChI is InChI=1S/C8H18O3/c1-2-3-4-5-7-10-11-8-6-9/h9H,2-8H2,1H3. The molecule has 0 amide bonds. The summed E-state index contributed by atoms with van der Waals surface area (Å²) in [5, 5.41) is 8.30. The Hall–Kier alpha value is -0.120. The Balaban J connectivity index is 2.69. The Morgan fingerprint density at radius 2 is 1.73 bits per heavy atom. The summed E-state index contributed by atoms with van der Waals surface area (Å²) in [6.45, 7) is 3.10. The quantitative estimate of drug-likeness (QED) is 0.334. The second kappa shape index (κ2) is 9.88. The zero-order valence-corrected chi connectivity index (χ0v) is 7.21. The van der Waals surface area contributed by atoms with Crippen LogP contribution in [-0.2, 0) is 9.78 Å². The van der Waals surface area contributed by atoms with Crippen molar-refractivity contribution >= 4 is 0 Å². The van der Waals surface area contributed by atoms with Gasteiger partial charge in [0.2, 0.25) is 0 Å². The number of aliphatic hydroxyl groups is 1. The van der Waals surface area contributed by atoms with Gasteiger partial charge in [-0.3, -0.25) is 0 Å². The Bertz CT molecular complexity index is 58.4. The SMILES string of the molecule is CCCCCCOOCCO. The molecule has 0 bridgehead atoms. The first-order chi connectivity index (χ1) is 5.41. The van der Waals surface area contributed by atoms with Crippen LogP contribution in [0.5, 0.6) is 0 Å². The van der Waals surface area contributed by atoms with Crippen LogP contribution in [0.15, 0.2) is 0 Å². The molecular weight excluding hydrogens is 144 g/mol. The summed E-state index contributed by atoms with van der Waals surface area (Å²) in [5.74, 6) is 0. The van der Waals surface area contributed by atoms with Crippen molar-refractivity contribution in [2.75, 3.05) is 19.8 Å². The Labute approximate surface area is 68.2 Å². The van der Waals surface area contributed by atoms with Crippen molar-refractivity contribution in [3.05, 3.63) is 0 Å². The molecule has 0 atom stereocenters. The molecule has 11 heavy (non-hydrogen) atoms. The van der Waals surface area contributed by atoms with E-state index in [0.717, 1.165) is 6.42 Å². The van der Waals surface area contributed by atoms with Gasteiger partial charge >= 0.3 is 0 Å². The average Bonchev–Trinajstić information content (AvgIpc) is 2.03. The highest BCUT2D eigenvalue weighted by Crippen LogP contribution is 1.98.